The summed E-state index contributed by atoms with van der Waals surface area (Å²) in [5.74, 6) is 0. The second-order valence-electron chi connectivity index (χ2n) is 3.00. The summed E-state index contributed by atoms with van der Waals surface area (Å²) in [7, 11) is 1.79. The van der Waals surface area contributed by atoms with Gasteiger partial charge in [0.15, 0.2) is 0 Å². The van der Waals surface area contributed by atoms with E-state index in [1.54, 1.807) is 7.05 Å². The second kappa shape index (κ2) is 5.31. The average molecular weight is 173 g/mol. The zero-order valence-corrected chi connectivity index (χ0v) is 8.20. The molecule has 0 aromatic heterocycles. The first-order chi connectivity index (χ1) is 6.33. The molecular formula is C12H15N. The molecule has 1 heteroatoms. The molecule has 0 unspecified atom stereocenters. The molecule has 0 atom stereocenters. The summed E-state index contributed by atoms with van der Waals surface area (Å²) in [5, 5.41) is 0. The van der Waals surface area contributed by atoms with Gasteiger partial charge in [-0.2, -0.15) is 0 Å². The van der Waals surface area contributed by atoms with Crippen molar-refractivity contribution in [3.05, 3.63) is 47.6 Å². The van der Waals surface area contributed by atoms with Gasteiger partial charge < -0.3 is 0 Å². The normalized spacial score (nSPS) is 17.7. The lowest BCUT2D eigenvalue weighted by Crippen LogP contribution is -1.79. The third kappa shape index (κ3) is 3.70. The summed E-state index contributed by atoms with van der Waals surface area (Å²) in [6.07, 6.45) is 15.6. The monoisotopic (exact) mass is 173 g/mol. The average Bonchev–Trinajstić information content (AvgIpc) is 2.33. The fraction of sp³-hybridized carbons (Fsp3) is 0.250. The van der Waals surface area contributed by atoms with Crippen molar-refractivity contribution in [3.63, 3.8) is 0 Å². The maximum atomic E-state index is 3.96. The summed E-state index contributed by atoms with van der Waals surface area (Å²) in [4.78, 5) is 3.96. The van der Waals surface area contributed by atoms with Crippen molar-refractivity contribution < 1.29 is 0 Å². The van der Waals surface area contributed by atoms with E-state index in [9.17, 15) is 0 Å². The molecule has 68 valence electrons. The zero-order chi connectivity index (χ0) is 9.52. The minimum absolute atomic E-state index is 1.01. The highest BCUT2D eigenvalue weighted by Gasteiger charge is 1.89. The van der Waals surface area contributed by atoms with E-state index in [4.69, 9.17) is 0 Å². The van der Waals surface area contributed by atoms with E-state index in [-0.39, 0.29) is 0 Å². The number of nitrogens with zero attached hydrogens (tertiary/aromatic N) is 1. The fourth-order valence-electron chi connectivity index (χ4n) is 1.21. The van der Waals surface area contributed by atoms with Crippen LogP contribution in [0.25, 0.3) is 0 Å². The van der Waals surface area contributed by atoms with Crippen molar-refractivity contribution in [3.8, 4) is 0 Å². The molecule has 0 bridgehead atoms. The predicted octanol–water partition coefficient (Wildman–Crippen LogP) is 3.08. The van der Waals surface area contributed by atoms with E-state index >= 15 is 0 Å². The molecule has 0 amide bonds. The van der Waals surface area contributed by atoms with Crippen LogP contribution in [0.15, 0.2) is 52.6 Å². The van der Waals surface area contributed by atoms with Crippen molar-refractivity contribution in [1.29, 1.82) is 0 Å². The maximum Gasteiger partial charge on any atom is 0.0277 e. The maximum absolute atomic E-state index is 3.96. The topological polar surface area (TPSA) is 12.4 Å². The van der Waals surface area contributed by atoms with Gasteiger partial charge in [-0.05, 0) is 24.5 Å². The van der Waals surface area contributed by atoms with Crippen LogP contribution in [0.1, 0.15) is 13.3 Å². The van der Waals surface area contributed by atoms with Crippen molar-refractivity contribution in [1.82, 2.24) is 0 Å². The Labute approximate surface area is 79.9 Å². The van der Waals surface area contributed by atoms with Crippen LogP contribution in [0.5, 0.6) is 0 Å². The molecule has 0 saturated carbocycles. The summed E-state index contributed by atoms with van der Waals surface area (Å²) in [5.41, 5.74) is 2.43. The Balaban J connectivity index is 2.73. The lowest BCUT2D eigenvalue weighted by atomic mass is 10.1. The van der Waals surface area contributed by atoms with Gasteiger partial charge in [0, 0.05) is 13.3 Å². The molecular weight excluding hydrogens is 158 g/mol. The number of allylic oxidation sites excluding steroid dienone is 8. The summed E-state index contributed by atoms with van der Waals surface area (Å²) >= 11 is 0. The molecule has 1 nitrogen and oxygen atoms in total. The van der Waals surface area contributed by atoms with Gasteiger partial charge in [-0.25, -0.2) is 0 Å². The third-order valence-corrected chi connectivity index (χ3v) is 1.75. The van der Waals surface area contributed by atoms with Crippen LogP contribution >= 0.6 is 0 Å². The molecule has 0 fully saturated rings. The van der Waals surface area contributed by atoms with Crippen LogP contribution in [0.3, 0.4) is 0 Å². The van der Waals surface area contributed by atoms with E-state index in [1.165, 1.54) is 11.1 Å². The van der Waals surface area contributed by atoms with E-state index in [1.807, 2.05) is 6.21 Å². The first-order valence-corrected chi connectivity index (χ1v) is 4.47. The van der Waals surface area contributed by atoms with Crippen LogP contribution in [0.4, 0.5) is 0 Å². The van der Waals surface area contributed by atoms with Crippen LogP contribution in [0, 0.1) is 0 Å². The highest BCUT2D eigenvalue weighted by Crippen LogP contribution is 2.08. The van der Waals surface area contributed by atoms with E-state index < -0.39 is 0 Å². The van der Waals surface area contributed by atoms with Gasteiger partial charge in [0.2, 0.25) is 0 Å². The zero-order valence-electron chi connectivity index (χ0n) is 8.20. The Hall–Kier alpha value is -1.37. The Morgan fingerprint density at radius 3 is 3.08 bits per heavy atom. The van der Waals surface area contributed by atoms with E-state index in [0.717, 1.165) is 6.42 Å². The van der Waals surface area contributed by atoms with E-state index in [0.29, 0.717) is 0 Å². The molecule has 0 saturated heterocycles. The smallest absolute Gasteiger partial charge is 0.0277 e. The van der Waals surface area contributed by atoms with Crippen molar-refractivity contribution >= 4 is 6.21 Å². The molecule has 0 heterocycles. The van der Waals surface area contributed by atoms with Gasteiger partial charge in [0.1, 0.15) is 0 Å². The van der Waals surface area contributed by atoms with Crippen molar-refractivity contribution in [2.45, 2.75) is 13.3 Å². The number of aliphatic imine (C=N–C) groups is 1. The second-order valence-corrected chi connectivity index (χ2v) is 3.00. The summed E-state index contributed by atoms with van der Waals surface area (Å²) in [6, 6.07) is 0. The number of hydrogen-bond donors (Lipinski definition) is 0. The van der Waals surface area contributed by atoms with Crippen LogP contribution in [0.2, 0.25) is 0 Å². The fourth-order valence-corrected chi connectivity index (χ4v) is 1.21. The lowest BCUT2D eigenvalue weighted by molar-refractivity contribution is 1.37. The van der Waals surface area contributed by atoms with Gasteiger partial charge in [-0.3, -0.25) is 4.99 Å². The molecule has 0 spiro atoms. The van der Waals surface area contributed by atoms with Gasteiger partial charge in [0.05, 0.1) is 0 Å². The van der Waals surface area contributed by atoms with Crippen molar-refractivity contribution in [2.24, 2.45) is 4.99 Å². The molecule has 0 aromatic carbocycles. The highest BCUT2D eigenvalue weighted by atomic mass is 14.6. The van der Waals surface area contributed by atoms with E-state index in [2.05, 4.69) is 48.4 Å². The Bertz CT molecular complexity index is 301. The molecule has 0 N–H and O–H groups in total. The molecule has 1 rings (SSSR count). The van der Waals surface area contributed by atoms with Crippen LogP contribution in [-0.4, -0.2) is 13.3 Å². The summed E-state index contributed by atoms with van der Waals surface area (Å²) in [6.45, 7) is 2.06. The van der Waals surface area contributed by atoms with Crippen LogP contribution < -0.4 is 0 Å². The van der Waals surface area contributed by atoms with Gasteiger partial charge in [-0.15, -0.1) is 0 Å². The Kier molecular flexibility index (Phi) is 3.97. The quantitative estimate of drug-likeness (QED) is 0.569. The molecule has 0 aliphatic heterocycles. The first kappa shape index (κ1) is 9.72. The Morgan fingerprint density at radius 1 is 1.46 bits per heavy atom. The highest BCUT2D eigenvalue weighted by molar-refractivity contribution is 5.78. The van der Waals surface area contributed by atoms with Gasteiger partial charge in [-0.1, -0.05) is 36.5 Å². The van der Waals surface area contributed by atoms with Gasteiger partial charge in [0.25, 0.3) is 0 Å². The Morgan fingerprint density at radius 2 is 2.31 bits per heavy atom. The number of hydrogen-bond acceptors (Lipinski definition) is 1. The lowest BCUT2D eigenvalue weighted by Gasteiger charge is -1.93. The molecule has 0 radical (unpaired) electrons. The van der Waals surface area contributed by atoms with Gasteiger partial charge >= 0.3 is 0 Å². The largest absolute Gasteiger partial charge is 0.296 e. The molecule has 13 heavy (non-hydrogen) atoms. The third-order valence-electron chi connectivity index (χ3n) is 1.75. The number of rotatable bonds is 2. The summed E-state index contributed by atoms with van der Waals surface area (Å²) < 4.78 is 0. The molecule has 1 aliphatic carbocycles. The van der Waals surface area contributed by atoms with Crippen LogP contribution in [-0.2, 0) is 0 Å². The minimum atomic E-state index is 1.01. The predicted molar refractivity (Wildman–Crippen MR) is 59.2 cm³/mol. The SMILES string of the molecule is C/N=C\C(C)=C/C1=CCC=CC=C1. The minimum Gasteiger partial charge on any atom is -0.296 e. The van der Waals surface area contributed by atoms with Crippen molar-refractivity contribution in [2.75, 3.05) is 7.05 Å². The standard InChI is InChI=1S/C12H15N/c1-11(10-13-2)9-12-7-5-3-4-6-8-12/h3-5,7-10H,6H2,1-2H3/b11-9-,13-10-. The first-order valence-electron chi connectivity index (χ1n) is 4.47. The molecule has 0 aromatic rings. The molecule has 1 aliphatic rings.